The first-order valence-electron chi connectivity index (χ1n) is 12.1. The lowest BCUT2D eigenvalue weighted by atomic mass is 9.75. The van der Waals surface area contributed by atoms with E-state index in [0.29, 0.717) is 11.8 Å². The van der Waals surface area contributed by atoms with Crippen molar-refractivity contribution < 1.29 is 9.87 Å². The molecule has 2 saturated heterocycles. The summed E-state index contributed by atoms with van der Waals surface area (Å²) in [5.74, 6) is 0.894. The number of rotatable bonds is 5. The zero-order valence-electron chi connectivity index (χ0n) is 20.0. The van der Waals surface area contributed by atoms with E-state index in [1.165, 1.54) is 62.0 Å². The van der Waals surface area contributed by atoms with Crippen LogP contribution in [0.2, 0.25) is 0 Å². The highest BCUT2D eigenvalue weighted by molar-refractivity contribution is 5.85. The molecule has 0 aliphatic carbocycles. The maximum atomic E-state index is 13.3. The molecule has 0 bridgehead atoms. The van der Waals surface area contributed by atoms with Crippen LogP contribution in [-0.2, 0) is 0 Å². The van der Waals surface area contributed by atoms with Crippen molar-refractivity contribution in [2.75, 3.05) is 26.2 Å². The van der Waals surface area contributed by atoms with Gasteiger partial charge in [-0.05, 0) is 92.2 Å². The standard InChI is InChI=1S/C29H33FN2.2ClH.H2O/c30-27-12-10-23(11-13-27)22-6-8-25(9-7-22)29(24-4-2-1-3-5-24)26-16-20-32(21-17-26)28-14-18-31-19-15-28;;;/h1-13,26,28-29,31H,14-21H2;2*1H;1H2. The van der Waals surface area contributed by atoms with Crippen LogP contribution < -0.4 is 5.32 Å². The summed E-state index contributed by atoms with van der Waals surface area (Å²) in [7, 11) is 0. The van der Waals surface area contributed by atoms with Crippen LogP contribution in [0.1, 0.15) is 42.7 Å². The molecular weight excluding hydrogens is 482 g/mol. The van der Waals surface area contributed by atoms with Gasteiger partial charge < -0.3 is 15.7 Å². The summed E-state index contributed by atoms with van der Waals surface area (Å²) >= 11 is 0. The fourth-order valence-corrected chi connectivity index (χ4v) is 5.71. The van der Waals surface area contributed by atoms with Gasteiger partial charge in [-0.15, -0.1) is 24.8 Å². The van der Waals surface area contributed by atoms with Crippen LogP contribution in [0.3, 0.4) is 0 Å². The summed E-state index contributed by atoms with van der Waals surface area (Å²) in [6.45, 7) is 4.76. The van der Waals surface area contributed by atoms with E-state index in [2.05, 4.69) is 64.8 Å². The van der Waals surface area contributed by atoms with Gasteiger partial charge in [0.15, 0.2) is 0 Å². The van der Waals surface area contributed by atoms with Crippen LogP contribution in [-0.4, -0.2) is 42.6 Å². The van der Waals surface area contributed by atoms with Crippen LogP contribution in [0.5, 0.6) is 0 Å². The largest absolute Gasteiger partial charge is 0.412 e. The minimum atomic E-state index is -0.189. The van der Waals surface area contributed by atoms with Gasteiger partial charge in [-0.2, -0.15) is 0 Å². The zero-order valence-corrected chi connectivity index (χ0v) is 21.7. The lowest BCUT2D eigenvalue weighted by Crippen LogP contribution is -2.47. The van der Waals surface area contributed by atoms with Gasteiger partial charge in [0.1, 0.15) is 5.82 Å². The summed E-state index contributed by atoms with van der Waals surface area (Å²) in [4.78, 5) is 2.75. The van der Waals surface area contributed by atoms with Crippen molar-refractivity contribution in [2.45, 2.75) is 37.6 Å². The number of nitrogens with one attached hydrogen (secondary N) is 1. The maximum Gasteiger partial charge on any atom is 0.123 e. The van der Waals surface area contributed by atoms with Gasteiger partial charge in [0.05, 0.1) is 0 Å². The van der Waals surface area contributed by atoms with E-state index >= 15 is 0 Å². The Kier molecular flexibility index (Phi) is 11.7. The zero-order chi connectivity index (χ0) is 21.8. The second kappa shape index (κ2) is 14.0. The van der Waals surface area contributed by atoms with E-state index in [9.17, 15) is 4.39 Å². The lowest BCUT2D eigenvalue weighted by Gasteiger charge is -2.41. The SMILES string of the molecule is Cl.Cl.Fc1ccc(-c2ccc(C(c3ccccc3)C3CCN(C4CCNCC4)CC3)cc2)cc1.O. The minimum absolute atomic E-state index is 0. The molecule has 0 amide bonds. The van der Waals surface area contributed by atoms with E-state index in [1.54, 1.807) is 0 Å². The molecule has 2 aliphatic rings. The van der Waals surface area contributed by atoms with Gasteiger partial charge in [0, 0.05) is 12.0 Å². The van der Waals surface area contributed by atoms with E-state index in [1.807, 2.05) is 12.1 Å². The summed E-state index contributed by atoms with van der Waals surface area (Å²) < 4.78 is 13.3. The van der Waals surface area contributed by atoms with Gasteiger partial charge in [-0.25, -0.2) is 4.39 Å². The second-order valence-electron chi connectivity index (χ2n) is 9.37. The molecule has 2 heterocycles. The third-order valence-corrected chi connectivity index (χ3v) is 7.48. The van der Waals surface area contributed by atoms with Crippen molar-refractivity contribution in [2.24, 2.45) is 5.92 Å². The normalized spacial score (nSPS) is 18.0. The van der Waals surface area contributed by atoms with Crippen LogP contribution >= 0.6 is 24.8 Å². The first-order valence-corrected chi connectivity index (χ1v) is 12.1. The van der Waals surface area contributed by atoms with Gasteiger partial charge in [0.25, 0.3) is 0 Å². The average molecular weight is 520 g/mol. The van der Waals surface area contributed by atoms with Gasteiger partial charge in [-0.1, -0.05) is 66.7 Å². The highest BCUT2D eigenvalue weighted by Gasteiger charge is 2.31. The summed E-state index contributed by atoms with van der Waals surface area (Å²) in [5, 5.41) is 3.50. The van der Waals surface area contributed by atoms with Crippen LogP contribution in [0.15, 0.2) is 78.9 Å². The summed E-state index contributed by atoms with van der Waals surface area (Å²) in [6.07, 6.45) is 5.08. The average Bonchev–Trinajstić information content (AvgIpc) is 2.87. The molecule has 190 valence electrons. The van der Waals surface area contributed by atoms with Crippen molar-refractivity contribution in [3.05, 3.63) is 95.8 Å². The third-order valence-electron chi connectivity index (χ3n) is 7.48. The van der Waals surface area contributed by atoms with Crippen LogP contribution in [0.25, 0.3) is 11.1 Å². The predicted molar refractivity (Wildman–Crippen MR) is 148 cm³/mol. The van der Waals surface area contributed by atoms with Crippen LogP contribution in [0.4, 0.5) is 4.39 Å². The number of halogens is 3. The number of benzene rings is 3. The van der Waals surface area contributed by atoms with Crippen LogP contribution in [0, 0.1) is 11.7 Å². The van der Waals surface area contributed by atoms with Crippen molar-refractivity contribution in [3.8, 4) is 11.1 Å². The molecule has 1 unspecified atom stereocenters. The molecule has 0 saturated carbocycles. The molecule has 35 heavy (non-hydrogen) atoms. The first-order chi connectivity index (χ1) is 15.8. The quantitative estimate of drug-likeness (QED) is 0.442. The number of hydrogen-bond donors (Lipinski definition) is 1. The molecule has 2 fully saturated rings. The van der Waals surface area contributed by atoms with Gasteiger partial charge in [-0.3, -0.25) is 0 Å². The Labute approximate surface area is 221 Å². The molecule has 0 radical (unpaired) electrons. The Morgan fingerprint density at radius 2 is 1.20 bits per heavy atom. The van der Waals surface area contributed by atoms with E-state index in [-0.39, 0.29) is 36.1 Å². The highest BCUT2D eigenvalue weighted by Crippen LogP contribution is 2.39. The van der Waals surface area contributed by atoms with E-state index < -0.39 is 0 Å². The summed E-state index contributed by atoms with van der Waals surface area (Å²) in [5.41, 5.74) is 5.01. The van der Waals surface area contributed by atoms with Crippen molar-refractivity contribution in [3.63, 3.8) is 0 Å². The Bertz CT molecular complexity index is 987. The number of piperidine rings is 2. The highest BCUT2D eigenvalue weighted by atomic mass is 35.5. The van der Waals surface area contributed by atoms with E-state index in [0.717, 1.165) is 30.3 Å². The fourth-order valence-electron chi connectivity index (χ4n) is 5.71. The molecule has 3 N–H and O–H groups in total. The monoisotopic (exact) mass is 518 g/mol. The fraction of sp³-hybridized carbons (Fsp3) is 0.379. The molecule has 3 nitrogen and oxygen atoms in total. The molecule has 3 aromatic rings. The number of nitrogens with zero attached hydrogens (tertiary/aromatic N) is 1. The molecule has 0 aromatic heterocycles. The second-order valence-corrected chi connectivity index (χ2v) is 9.37. The number of hydrogen-bond acceptors (Lipinski definition) is 2. The molecule has 3 aromatic carbocycles. The molecule has 6 heteroatoms. The Morgan fingerprint density at radius 1 is 0.686 bits per heavy atom. The third kappa shape index (κ3) is 7.05. The molecule has 5 rings (SSSR count). The molecular formula is C29H37Cl2FN2O. The number of likely N-dealkylation sites (tertiary alicyclic amines) is 1. The smallest absolute Gasteiger partial charge is 0.123 e. The maximum absolute atomic E-state index is 13.3. The Balaban J connectivity index is 0.00000144. The Hall–Kier alpha value is -1.95. The van der Waals surface area contributed by atoms with E-state index in [4.69, 9.17) is 0 Å². The minimum Gasteiger partial charge on any atom is -0.412 e. The van der Waals surface area contributed by atoms with Gasteiger partial charge in [0.2, 0.25) is 0 Å². The van der Waals surface area contributed by atoms with Gasteiger partial charge >= 0.3 is 0 Å². The Morgan fingerprint density at radius 3 is 1.77 bits per heavy atom. The lowest BCUT2D eigenvalue weighted by molar-refractivity contribution is 0.106. The first kappa shape index (κ1) is 29.3. The molecule has 0 spiro atoms. The summed E-state index contributed by atoms with van der Waals surface area (Å²) in [6, 6.07) is 27.5. The molecule has 1 atom stereocenters. The van der Waals surface area contributed by atoms with Crippen molar-refractivity contribution >= 4 is 24.8 Å². The van der Waals surface area contributed by atoms with Crippen molar-refractivity contribution in [1.82, 2.24) is 10.2 Å². The van der Waals surface area contributed by atoms with Crippen molar-refractivity contribution in [1.29, 1.82) is 0 Å². The topological polar surface area (TPSA) is 46.8 Å². The predicted octanol–water partition coefficient (Wildman–Crippen LogP) is 6.11. The molecule has 2 aliphatic heterocycles.